The van der Waals surface area contributed by atoms with E-state index in [4.69, 9.17) is 9.47 Å². The Kier molecular flexibility index (Phi) is 6.44. The van der Waals surface area contributed by atoms with E-state index in [1.54, 1.807) is 53.6 Å². The third-order valence-corrected chi connectivity index (χ3v) is 5.16. The molecule has 174 valence electrons. The van der Waals surface area contributed by atoms with Gasteiger partial charge in [-0.2, -0.15) is 5.10 Å². The molecule has 0 radical (unpaired) electrons. The van der Waals surface area contributed by atoms with Gasteiger partial charge in [-0.1, -0.05) is 0 Å². The van der Waals surface area contributed by atoms with Crippen LogP contribution >= 0.6 is 0 Å². The van der Waals surface area contributed by atoms with Crippen molar-refractivity contribution >= 4 is 11.6 Å². The van der Waals surface area contributed by atoms with Gasteiger partial charge in [0.1, 0.15) is 22.8 Å². The van der Waals surface area contributed by atoms with Gasteiger partial charge in [0.15, 0.2) is 0 Å². The number of methoxy groups -OCH3 is 1. The van der Waals surface area contributed by atoms with Crippen LogP contribution in [0, 0.1) is 0 Å². The van der Waals surface area contributed by atoms with Crippen LogP contribution in [0.3, 0.4) is 0 Å². The minimum absolute atomic E-state index is 0.0540. The zero-order valence-corrected chi connectivity index (χ0v) is 19.4. The van der Waals surface area contributed by atoms with Crippen molar-refractivity contribution in [2.24, 2.45) is 7.05 Å². The smallest absolute Gasteiger partial charge is 0.263 e. The summed E-state index contributed by atoms with van der Waals surface area (Å²) in [6, 6.07) is 11.7. The maximum absolute atomic E-state index is 12.8. The third-order valence-electron chi connectivity index (χ3n) is 5.16. The summed E-state index contributed by atoms with van der Waals surface area (Å²) in [4.78, 5) is 29.8. The molecule has 0 aliphatic rings. The average Bonchev–Trinajstić information content (AvgIpc) is 3.26. The molecule has 4 aromatic rings. The molecule has 9 heteroatoms. The SMILES string of the molecule is COc1cc(Oc2ccnc(-c3cnn(C)c3)c2)ccc1NC(=O)c1cccn(C(C)C)c1=O. The summed E-state index contributed by atoms with van der Waals surface area (Å²) in [5, 5.41) is 6.92. The van der Waals surface area contributed by atoms with Gasteiger partial charge in [0.05, 0.1) is 24.7 Å². The van der Waals surface area contributed by atoms with E-state index < -0.39 is 5.91 Å². The van der Waals surface area contributed by atoms with Gasteiger partial charge in [0.2, 0.25) is 0 Å². The molecule has 9 nitrogen and oxygen atoms in total. The summed E-state index contributed by atoms with van der Waals surface area (Å²) < 4.78 is 14.6. The summed E-state index contributed by atoms with van der Waals surface area (Å²) >= 11 is 0. The van der Waals surface area contributed by atoms with Gasteiger partial charge >= 0.3 is 0 Å². The molecule has 4 rings (SSSR count). The van der Waals surface area contributed by atoms with Crippen LogP contribution in [0.4, 0.5) is 5.69 Å². The molecule has 0 atom stereocenters. The highest BCUT2D eigenvalue weighted by Crippen LogP contribution is 2.32. The van der Waals surface area contributed by atoms with Crippen molar-refractivity contribution in [3.8, 4) is 28.5 Å². The molecule has 0 aliphatic heterocycles. The monoisotopic (exact) mass is 459 g/mol. The highest BCUT2D eigenvalue weighted by atomic mass is 16.5. The average molecular weight is 460 g/mol. The third kappa shape index (κ3) is 4.83. The Hall–Kier alpha value is -4.40. The number of nitrogens with zero attached hydrogens (tertiary/aromatic N) is 4. The lowest BCUT2D eigenvalue weighted by Gasteiger charge is -2.14. The number of amides is 1. The minimum atomic E-state index is -0.512. The first-order chi connectivity index (χ1) is 16.4. The lowest BCUT2D eigenvalue weighted by atomic mass is 10.2. The lowest BCUT2D eigenvalue weighted by Crippen LogP contribution is -2.29. The van der Waals surface area contributed by atoms with Gasteiger partial charge in [-0.05, 0) is 44.2 Å². The largest absolute Gasteiger partial charge is 0.494 e. The fraction of sp³-hybridized carbons (Fsp3) is 0.200. The summed E-state index contributed by atoms with van der Waals surface area (Å²) in [6.45, 7) is 3.76. The minimum Gasteiger partial charge on any atom is -0.494 e. The van der Waals surface area contributed by atoms with Crippen molar-refractivity contribution in [1.29, 1.82) is 0 Å². The van der Waals surface area contributed by atoms with Crippen LogP contribution in [0.2, 0.25) is 0 Å². The molecule has 1 N–H and O–H groups in total. The van der Waals surface area contributed by atoms with E-state index >= 15 is 0 Å². The molecule has 1 aromatic carbocycles. The van der Waals surface area contributed by atoms with Crippen molar-refractivity contribution < 1.29 is 14.3 Å². The maximum Gasteiger partial charge on any atom is 0.263 e. The van der Waals surface area contributed by atoms with Gasteiger partial charge in [0, 0.05) is 49.4 Å². The summed E-state index contributed by atoms with van der Waals surface area (Å²) in [7, 11) is 3.34. The normalized spacial score (nSPS) is 10.9. The Balaban J connectivity index is 1.54. The zero-order valence-electron chi connectivity index (χ0n) is 19.4. The molecule has 0 saturated carbocycles. The number of benzene rings is 1. The summed E-state index contributed by atoms with van der Waals surface area (Å²) in [5.74, 6) is 0.987. The molecule has 0 unspecified atom stereocenters. The number of anilines is 1. The van der Waals surface area contributed by atoms with E-state index in [0.717, 1.165) is 11.3 Å². The van der Waals surface area contributed by atoms with Gasteiger partial charge in [-0.3, -0.25) is 19.3 Å². The van der Waals surface area contributed by atoms with E-state index in [0.29, 0.717) is 22.9 Å². The van der Waals surface area contributed by atoms with Crippen LogP contribution in [0.1, 0.15) is 30.2 Å². The van der Waals surface area contributed by atoms with E-state index in [9.17, 15) is 9.59 Å². The number of rotatable bonds is 7. The first kappa shape index (κ1) is 22.8. The molecule has 3 aromatic heterocycles. The van der Waals surface area contributed by atoms with Crippen molar-refractivity contribution in [1.82, 2.24) is 19.3 Å². The molecule has 0 saturated heterocycles. The standard InChI is InChI=1S/C25H25N5O4/c1-16(2)30-11-5-6-20(25(30)32)24(31)28-21-8-7-18(13-23(21)33-4)34-19-9-10-26-22(12-19)17-14-27-29(3)15-17/h5-16H,1-4H3,(H,28,31). The number of hydrogen-bond donors (Lipinski definition) is 1. The number of hydrogen-bond acceptors (Lipinski definition) is 6. The Morgan fingerprint density at radius 2 is 1.91 bits per heavy atom. The Morgan fingerprint density at radius 1 is 1.12 bits per heavy atom. The number of pyridine rings is 2. The van der Waals surface area contributed by atoms with Crippen LogP contribution in [0.25, 0.3) is 11.3 Å². The Morgan fingerprint density at radius 3 is 2.62 bits per heavy atom. The first-order valence-corrected chi connectivity index (χ1v) is 10.7. The molecular formula is C25H25N5O4. The van der Waals surface area contributed by atoms with Crippen molar-refractivity contribution in [2.75, 3.05) is 12.4 Å². The van der Waals surface area contributed by atoms with Crippen molar-refractivity contribution in [3.05, 3.63) is 83.2 Å². The second-order valence-electron chi connectivity index (χ2n) is 7.93. The van der Waals surface area contributed by atoms with Crippen LogP contribution in [0.15, 0.2) is 72.0 Å². The van der Waals surface area contributed by atoms with Crippen LogP contribution in [0.5, 0.6) is 17.2 Å². The lowest BCUT2D eigenvalue weighted by molar-refractivity contribution is 0.102. The predicted octanol–water partition coefficient (Wildman–Crippen LogP) is 4.28. The van der Waals surface area contributed by atoms with E-state index in [-0.39, 0.29) is 17.2 Å². The van der Waals surface area contributed by atoms with Gasteiger partial charge in [0.25, 0.3) is 11.5 Å². The molecule has 34 heavy (non-hydrogen) atoms. The molecule has 0 bridgehead atoms. The summed E-state index contributed by atoms with van der Waals surface area (Å²) in [5.41, 5.74) is 1.73. The van der Waals surface area contributed by atoms with Gasteiger partial charge < -0.3 is 19.4 Å². The quantitative estimate of drug-likeness (QED) is 0.443. The van der Waals surface area contributed by atoms with Crippen molar-refractivity contribution in [3.63, 3.8) is 0 Å². The second kappa shape index (κ2) is 9.62. The highest BCUT2D eigenvalue weighted by molar-refractivity contribution is 6.04. The molecular weight excluding hydrogens is 434 g/mol. The van der Waals surface area contributed by atoms with E-state index in [1.165, 1.54) is 17.7 Å². The Bertz CT molecular complexity index is 1390. The van der Waals surface area contributed by atoms with E-state index in [1.807, 2.05) is 33.2 Å². The number of carbonyl (C=O) groups is 1. The zero-order chi connectivity index (χ0) is 24.2. The molecule has 0 spiro atoms. The topological polar surface area (TPSA) is 100 Å². The second-order valence-corrected chi connectivity index (χ2v) is 7.93. The Labute approximate surface area is 196 Å². The van der Waals surface area contributed by atoms with Gasteiger partial charge in [-0.15, -0.1) is 0 Å². The van der Waals surface area contributed by atoms with E-state index in [2.05, 4.69) is 15.4 Å². The van der Waals surface area contributed by atoms with Crippen LogP contribution < -0.4 is 20.3 Å². The first-order valence-electron chi connectivity index (χ1n) is 10.7. The number of ether oxygens (including phenoxy) is 2. The van der Waals surface area contributed by atoms with Crippen LogP contribution in [-0.2, 0) is 7.05 Å². The molecule has 1 amide bonds. The predicted molar refractivity (Wildman–Crippen MR) is 129 cm³/mol. The summed E-state index contributed by atoms with van der Waals surface area (Å²) in [6.07, 6.45) is 6.92. The van der Waals surface area contributed by atoms with Crippen LogP contribution in [-0.4, -0.2) is 32.3 Å². The highest BCUT2D eigenvalue weighted by Gasteiger charge is 2.16. The molecule has 3 heterocycles. The molecule has 0 aliphatic carbocycles. The fourth-order valence-electron chi connectivity index (χ4n) is 3.44. The number of aryl methyl sites for hydroxylation is 1. The number of nitrogens with one attached hydrogen (secondary N) is 1. The van der Waals surface area contributed by atoms with Crippen molar-refractivity contribution in [2.45, 2.75) is 19.9 Å². The van der Waals surface area contributed by atoms with Gasteiger partial charge in [-0.25, -0.2) is 0 Å². The maximum atomic E-state index is 12.8. The number of carbonyl (C=O) groups excluding carboxylic acids is 1. The molecule has 0 fully saturated rings. The fourth-order valence-corrected chi connectivity index (χ4v) is 3.44. The number of aromatic nitrogens is 4.